The van der Waals surface area contributed by atoms with Crippen LogP contribution >= 0.6 is 11.6 Å². The lowest BCUT2D eigenvalue weighted by Gasteiger charge is -2.22. The Morgan fingerprint density at radius 3 is 2.42 bits per heavy atom. The number of benzene rings is 3. The standard InChI is InChI=1S/C27H22ClFN4O6S/c1-32-27(34)20-12-18(8-9-19(20)26(30-32)21-13-23(29)22(28)14-24(21)38-3)40(35,36)33(25-10-11-39-31-25)15-16-4-6-17(37-2)7-5-16/h4-14H,15H2,1-3H3. The first kappa shape index (κ1) is 27.2. The van der Waals surface area contributed by atoms with Crippen molar-refractivity contribution in [2.24, 2.45) is 7.05 Å². The van der Waals surface area contributed by atoms with Crippen molar-refractivity contribution in [1.82, 2.24) is 14.9 Å². The molecule has 0 saturated heterocycles. The van der Waals surface area contributed by atoms with E-state index in [1.807, 2.05) is 0 Å². The SMILES string of the molecule is COc1ccc(CN(c2ccon2)S(=O)(=O)c2ccc3c(-c4cc(F)c(Cl)cc4OC)nn(C)c(=O)c3c2)cc1. The number of fused-ring (bicyclic) bond motifs is 1. The molecule has 0 unspecified atom stereocenters. The molecule has 0 spiro atoms. The van der Waals surface area contributed by atoms with Crippen molar-refractivity contribution in [3.63, 3.8) is 0 Å². The molecule has 0 amide bonds. The molecule has 0 aliphatic heterocycles. The molecular formula is C27H22ClFN4O6S. The normalized spacial score (nSPS) is 11.5. The lowest BCUT2D eigenvalue weighted by Crippen LogP contribution is -2.31. The predicted molar refractivity (Wildman–Crippen MR) is 147 cm³/mol. The predicted octanol–water partition coefficient (Wildman–Crippen LogP) is 4.79. The number of nitrogens with zero attached hydrogens (tertiary/aromatic N) is 4. The molecule has 0 aliphatic rings. The third kappa shape index (κ3) is 4.87. The Kier molecular flexibility index (Phi) is 7.21. The Morgan fingerprint density at radius 2 is 1.77 bits per heavy atom. The molecule has 40 heavy (non-hydrogen) atoms. The summed E-state index contributed by atoms with van der Waals surface area (Å²) < 4.78 is 59.9. The molecule has 13 heteroatoms. The van der Waals surface area contributed by atoms with Gasteiger partial charge in [0.1, 0.15) is 29.3 Å². The first-order chi connectivity index (χ1) is 19.1. The van der Waals surface area contributed by atoms with Crippen molar-refractivity contribution >= 4 is 38.2 Å². The summed E-state index contributed by atoms with van der Waals surface area (Å²) in [6, 6.07) is 14.8. The van der Waals surface area contributed by atoms with Crippen LogP contribution in [-0.2, 0) is 23.6 Å². The summed E-state index contributed by atoms with van der Waals surface area (Å²) in [5.74, 6) is 0.196. The van der Waals surface area contributed by atoms with E-state index in [1.165, 1.54) is 57.9 Å². The minimum Gasteiger partial charge on any atom is -0.497 e. The van der Waals surface area contributed by atoms with Crippen molar-refractivity contribution < 1.29 is 26.8 Å². The Labute approximate surface area is 233 Å². The van der Waals surface area contributed by atoms with Crippen molar-refractivity contribution in [3.8, 4) is 22.8 Å². The van der Waals surface area contributed by atoms with Gasteiger partial charge in [-0.3, -0.25) is 4.79 Å². The summed E-state index contributed by atoms with van der Waals surface area (Å²) >= 11 is 5.92. The van der Waals surface area contributed by atoms with Crippen LogP contribution < -0.4 is 19.3 Å². The third-order valence-corrected chi connectivity index (χ3v) is 8.31. The van der Waals surface area contributed by atoms with Crippen molar-refractivity contribution in [2.45, 2.75) is 11.4 Å². The van der Waals surface area contributed by atoms with Gasteiger partial charge in [-0.25, -0.2) is 21.8 Å². The summed E-state index contributed by atoms with van der Waals surface area (Å²) in [4.78, 5) is 13.0. The van der Waals surface area contributed by atoms with Crippen LogP contribution in [0.5, 0.6) is 11.5 Å². The number of hydrogen-bond donors (Lipinski definition) is 0. The Bertz CT molecular complexity index is 1880. The molecule has 206 valence electrons. The lowest BCUT2D eigenvalue weighted by atomic mass is 10.0. The van der Waals surface area contributed by atoms with Crippen LogP contribution in [-0.4, -0.2) is 37.6 Å². The monoisotopic (exact) mass is 584 g/mol. The highest BCUT2D eigenvalue weighted by Gasteiger charge is 2.29. The molecule has 0 radical (unpaired) electrons. The van der Waals surface area contributed by atoms with Gasteiger partial charge in [0.05, 0.1) is 36.1 Å². The minimum absolute atomic E-state index is 0.0514. The van der Waals surface area contributed by atoms with Crippen LogP contribution in [0.1, 0.15) is 5.56 Å². The number of aromatic nitrogens is 3. The summed E-state index contributed by atoms with van der Waals surface area (Å²) in [6.45, 7) is -0.0717. The van der Waals surface area contributed by atoms with E-state index < -0.39 is 21.4 Å². The number of hydrogen-bond acceptors (Lipinski definition) is 8. The average Bonchev–Trinajstić information content (AvgIpc) is 3.49. The fraction of sp³-hybridized carbons (Fsp3) is 0.148. The van der Waals surface area contributed by atoms with E-state index in [9.17, 15) is 17.6 Å². The van der Waals surface area contributed by atoms with Gasteiger partial charge in [-0.15, -0.1) is 0 Å². The van der Waals surface area contributed by atoms with Crippen LogP contribution in [0.4, 0.5) is 10.2 Å². The molecule has 0 N–H and O–H groups in total. The zero-order chi connectivity index (χ0) is 28.6. The van der Waals surface area contributed by atoms with Gasteiger partial charge in [-0.1, -0.05) is 35.0 Å². The zero-order valence-electron chi connectivity index (χ0n) is 21.5. The molecule has 5 aromatic rings. The largest absolute Gasteiger partial charge is 0.497 e. The first-order valence-electron chi connectivity index (χ1n) is 11.7. The van der Waals surface area contributed by atoms with E-state index >= 15 is 0 Å². The number of anilines is 1. The van der Waals surface area contributed by atoms with Crippen LogP contribution in [0.3, 0.4) is 0 Å². The molecule has 2 heterocycles. The van der Waals surface area contributed by atoms with E-state index in [0.29, 0.717) is 16.7 Å². The fourth-order valence-corrected chi connectivity index (χ4v) is 5.79. The number of aryl methyl sites for hydroxylation is 1. The smallest absolute Gasteiger partial charge is 0.274 e. The van der Waals surface area contributed by atoms with Gasteiger partial charge in [-0.2, -0.15) is 5.10 Å². The van der Waals surface area contributed by atoms with Gasteiger partial charge in [0.15, 0.2) is 5.82 Å². The summed E-state index contributed by atoms with van der Waals surface area (Å²) in [5, 5.41) is 8.34. The molecule has 5 rings (SSSR count). The molecule has 0 atom stereocenters. The van der Waals surface area contributed by atoms with Crippen molar-refractivity contribution in [1.29, 1.82) is 0 Å². The zero-order valence-corrected chi connectivity index (χ0v) is 23.0. The van der Waals surface area contributed by atoms with Crippen LogP contribution in [0, 0.1) is 5.82 Å². The van der Waals surface area contributed by atoms with E-state index in [1.54, 1.807) is 24.3 Å². The van der Waals surface area contributed by atoms with Gasteiger partial charge < -0.3 is 14.0 Å². The molecule has 3 aromatic carbocycles. The highest BCUT2D eigenvalue weighted by Crippen LogP contribution is 2.37. The Morgan fingerprint density at radius 1 is 1.02 bits per heavy atom. The number of rotatable bonds is 8. The number of ether oxygens (including phenoxy) is 2. The van der Waals surface area contributed by atoms with Crippen molar-refractivity contribution in [3.05, 3.63) is 93.7 Å². The van der Waals surface area contributed by atoms with Gasteiger partial charge in [0.2, 0.25) is 0 Å². The van der Waals surface area contributed by atoms with Crippen LogP contribution in [0.15, 0.2) is 81.1 Å². The molecular weight excluding hydrogens is 563 g/mol. The molecule has 0 aliphatic carbocycles. The van der Waals surface area contributed by atoms with Crippen LogP contribution in [0.25, 0.3) is 22.0 Å². The molecule has 2 aromatic heterocycles. The van der Waals surface area contributed by atoms with Gasteiger partial charge in [-0.05, 0) is 35.9 Å². The van der Waals surface area contributed by atoms with Crippen molar-refractivity contribution in [2.75, 3.05) is 18.5 Å². The second-order valence-electron chi connectivity index (χ2n) is 8.67. The summed E-state index contributed by atoms with van der Waals surface area (Å²) in [6.07, 6.45) is 1.26. The van der Waals surface area contributed by atoms with Gasteiger partial charge in [0, 0.05) is 30.1 Å². The minimum atomic E-state index is -4.25. The average molecular weight is 585 g/mol. The van der Waals surface area contributed by atoms with Gasteiger partial charge in [0.25, 0.3) is 15.6 Å². The molecule has 10 nitrogen and oxygen atoms in total. The topological polar surface area (TPSA) is 117 Å². The Balaban J connectivity index is 1.66. The third-order valence-electron chi connectivity index (χ3n) is 6.27. The second kappa shape index (κ2) is 10.6. The first-order valence-corrected chi connectivity index (χ1v) is 13.6. The second-order valence-corrected chi connectivity index (χ2v) is 10.9. The maximum absolute atomic E-state index is 14.4. The maximum Gasteiger partial charge on any atom is 0.274 e. The molecule has 0 bridgehead atoms. The number of methoxy groups -OCH3 is 2. The van der Waals surface area contributed by atoms with Gasteiger partial charge >= 0.3 is 0 Å². The summed E-state index contributed by atoms with van der Waals surface area (Å²) in [7, 11) is 0.0859. The quantitative estimate of drug-likeness (QED) is 0.255. The maximum atomic E-state index is 14.4. The summed E-state index contributed by atoms with van der Waals surface area (Å²) in [5.41, 5.74) is 0.559. The van der Waals surface area contributed by atoms with E-state index in [0.717, 1.165) is 15.1 Å². The number of sulfonamides is 1. The highest BCUT2D eigenvalue weighted by molar-refractivity contribution is 7.92. The van der Waals surface area contributed by atoms with E-state index in [-0.39, 0.29) is 44.7 Å². The number of halogens is 2. The molecule has 0 fully saturated rings. The fourth-order valence-electron chi connectivity index (χ4n) is 4.22. The Hall–Kier alpha value is -4.42. The van der Waals surface area contributed by atoms with Crippen LogP contribution in [0.2, 0.25) is 5.02 Å². The van der Waals surface area contributed by atoms with E-state index in [2.05, 4.69) is 10.3 Å². The lowest BCUT2D eigenvalue weighted by molar-refractivity contribution is 0.414. The molecule has 0 saturated carbocycles. The van der Waals surface area contributed by atoms with E-state index in [4.69, 9.17) is 25.6 Å². The highest BCUT2D eigenvalue weighted by atomic mass is 35.5.